The quantitative estimate of drug-likeness (QED) is 0.570. The highest BCUT2D eigenvalue weighted by atomic mass is 16.3. The van der Waals surface area contributed by atoms with Gasteiger partial charge in [0.2, 0.25) is 11.8 Å². The van der Waals surface area contributed by atoms with Gasteiger partial charge in [-0.05, 0) is 24.3 Å². The van der Waals surface area contributed by atoms with Gasteiger partial charge >= 0.3 is 0 Å². The van der Waals surface area contributed by atoms with Crippen molar-refractivity contribution in [3.63, 3.8) is 0 Å². The maximum atomic E-state index is 11.9. The summed E-state index contributed by atoms with van der Waals surface area (Å²) in [6, 6.07) is 13.3. The van der Waals surface area contributed by atoms with Gasteiger partial charge in [0.1, 0.15) is 11.2 Å². The number of benzene rings is 1. The van der Waals surface area contributed by atoms with E-state index in [4.69, 9.17) is 4.42 Å². The number of carbonyl (C=O) groups is 1. The Bertz CT molecular complexity index is 995. The Balaban J connectivity index is 1.32. The number of hydrogen-bond donors (Lipinski definition) is 1. The molecule has 6 nitrogen and oxygen atoms in total. The SMILES string of the molecule is O=C(/C=C\c1nc2ccccc2o1)NCCc1cn2ccccc2n1. The van der Waals surface area contributed by atoms with E-state index in [9.17, 15) is 4.79 Å². The van der Waals surface area contributed by atoms with Crippen LogP contribution in [0.1, 0.15) is 11.6 Å². The van der Waals surface area contributed by atoms with E-state index in [-0.39, 0.29) is 5.91 Å². The first-order chi connectivity index (χ1) is 12.3. The summed E-state index contributed by atoms with van der Waals surface area (Å²) in [4.78, 5) is 20.7. The maximum Gasteiger partial charge on any atom is 0.244 e. The number of hydrogen-bond acceptors (Lipinski definition) is 4. The van der Waals surface area contributed by atoms with Crippen LogP contribution in [-0.4, -0.2) is 26.8 Å². The number of para-hydroxylation sites is 2. The standard InChI is InChI=1S/C19H16N4O2/c24-18(8-9-19-22-15-5-1-2-6-16(15)25-19)20-11-10-14-13-23-12-4-3-7-17(23)21-14/h1-9,12-13H,10-11H2,(H,20,24)/b9-8-. The molecule has 1 aromatic carbocycles. The molecular weight excluding hydrogens is 316 g/mol. The normalized spacial score (nSPS) is 11.5. The lowest BCUT2D eigenvalue weighted by molar-refractivity contribution is -0.116. The van der Waals surface area contributed by atoms with E-state index in [1.807, 2.05) is 59.3 Å². The smallest absolute Gasteiger partial charge is 0.244 e. The number of nitrogens with zero attached hydrogens (tertiary/aromatic N) is 3. The van der Waals surface area contributed by atoms with E-state index in [2.05, 4.69) is 15.3 Å². The van der Waals surface area contributed by atoms with E-state index < -0.39 is 0 Å². The lowest BCUT2D eigenvalue weighted by atomic mass is 10.3. The molecule has 0 aliphatic carbocycles. The third-order valence-electron chi connectivity index (χ3n) is 3.78. The Morgan fingerprint density at radius 3 is 2.92 bits per heavy atom. The average Bonchev–Trinajstić information content (AvgIpc) is 3.23. The molecule has 4 rings (SSSR count). The molecule has 1 N–H and O–H groups in total. The van der Waals surface area contributed by atoms with Crippen molar-refractivity contribution in [2.45, 2.75) is 6.42 Å². The summed E-state index contributed by atoms with van der Waals surface area (Å²) in [5.74, 6) is 0.225. The topological polar surface area (TPSA) is 72.4 Å². The molecular formula is C19H16N4O2. The number of oxazole rings is 1. The molecule has 4 aromatic rings. The lowest BCUT2D eigenvalue weighted by Gasteiger charge is -1.99. The Morgan fingerprint density at radius 2 is 2.04 bits per heavy atom. The van der Waals surface area contributed by atoms with Crippen LogP contribution in [0, 0.1) is 0 Å². The predicted octanol–water partition coefficient (Wildman–Crippen LogP) is 2.85. The van der Waals surface area contributed by atoms with Crippen LogP contribution in [0.15, 0.2) is 65.4 Å². The molecule has 0 spiro atoms. The minimum absolute atomic E-state index is 0.189. The molecule has 124 valence electrons. The summed E-state index contributed by atoms with van der Waals surface area (Å²) >= 11 is 0. The molecule has 0 saturated heterocycles. The monoisotopic (exact) mass is 332 g/mol. The Morgan fingerprint density at radius 1 is 1.16 bits per heavy atom. The molecule has 0 bridgehead atoms. The second-order valence-corrected chi connectivity index (χ2v) is 5.59. The molecule has 25 heavy (non-hydrogen) atoms. The fourth-order valence-corrected chi connectivity index (χ4v) is 2.59. The van der Waals surface area contributed by atoms with Crippen molar-refractivity contribution in [3.05, 3.63) is 72.5 Å². The molecule has 3 heterocycles. The summed E-state index contributed by atoms with van der Waals surface area (Å²) in [5, 5.41) is 2.84. The molecule has 0 fully saturated rings. The number of imidazole rings is 1. The van der Waals surface area contributed by atoms with Crippen LogP contribution in [-0.2, 0) is 11.2 Å². The summed E-state index contributed by atoms with van der Waals surface area (Å²) in [6.07, 6.45) is 7.59. The first-order valence-electron chi connectivity index (χ1n) is 8.02. The van der Waals surface area contributed by atoms with Crippen LogP contribution in [0.3, 0.4) is 0 Å². The van der Waals surface area contributed by atoms with Crippen molar-refractivity contribution in [2.75, 3.05) is 6.54 Å². The Labute approximate surface area is 143 Å². The second-order valence-electron chi connectivity index (χ2n) is 5.59. The zero-order valence-electron chi connectivity index (χ0n) is 13.4. The first kappa shape index (κ1) is 15.1. The average molecular weight is 332 g/mol. The predicted molar refractivity (Wildman–Crippen MR) is 94.9 cm³/mol. The molecule has 0 unspecified atom stereocenters. The number of fused-ring (bicyclic) bond motifs is 2. The molecule has 0 saturated carbocycles. The molecule has 0 aliphatic heterocycles. The van der Waals surface area contributed by atoms with Crippen LogP contribution in [0.2, 0.25) is 0 Å². The summed E-state index contributed by atoms with van der Waals surface area (Å²) < 4.78 is 7.50. The zero-order valence-corrected chi connectivity index (χ0v) is 13.4. The van der Waals surface area contributed by atoms with Gasteiger partial charge in [-0.1, -0.05) is 18.2 Å². The molecule has 1 amide bonds. The van der Waals surface area contributed by atoms with Gasteiger partial charge in [-0.3, -0.25) is 4.79 Å². The lowest BCUT2D eigenvalue weighted by Crippen LogP contribution is -2.23. The van der Waals surface area contributed by atoms with Gasteiger partial charge in [0.25, 0.3) is 0 Å². The van der Waals surface area contributed by atoms with Gasteiger partial charge in [0.05, 0.1) is 5.69 Å². The highest BCUT2D eigenvalue weighted by molar-refractivity contribution is 5.91. The fourth-order valence-electron chi connectivity index (χ4n) is 2.59. The number of rotatable bonds is 5. The zero-order chi connectivity index (χ0) is 17.1. The van der Waals surface area contributed by atoms with Crippen molar-refractivity contribution in [1.82, 2.24) is 19.7 Å². The van der Waals surface area contributed by atoms with Crippen molar-refractivity contribution in [3.8, 4) is 0 Å². The van der Waals surface area contributed by atoms with E-state index >= 15 is 0 Å². The number of carbonyl (C=O) groups excluding carboxylic acids is 1. The minimum atomic E-state index is -0.189. The van der Waals surface area contributed by atoms with Crippen LogP contribution < -0.4 is 5.32 Å². The number of pyridine rings is 1. The molecule has 0 radical (unpaired) electrons. The first-order valence-corrected chi connectivity index (χ1v) is 8.02. The van der Waals surface area contributed by atoms with Crippen LogP contribution in [0.5, 0.6) is 0 Å². The largest absolute Gasteiger partial charge is 0.437 e. The summed E-state index contributed by atoms with van der Waals surface area (Å²) in [6.45, 7) is 0.514. The van der Waals surface area contributed by atoms with Crippen molar-refractivity contribution < 1.29 is 9.21 Å². The highest BCUT2D eigenvalue weighted by Crippen LogP contribution is 2.15. The third kappa shape index (κ3) is 3.42. The number of amides is 1. The molecule has 6 heteroatoms. The third-order valence-corrected chi connectivity index (χ3v) is 3.78. The highest BCUT2D eigenvalue weighted by Gasteiger charge is 2.04. The van der Waals surface area contributed by atoms with Crippen LogP contribution in [0.4, 0.5) is 0 Å². The molecule has 0 aliphatic rings. The summed E-state index contributed by atoms with van der Waals surface area (Å²) in [5.41, 5.74) is 3.32. The van der Waals surface area contributed by atoms with Crippen LogP contribution >= 0.6 is 0 Å². The van der Waals surface area contributed by atoms with Gasteiger partial charge in [0.15, 0.2) is 5.58 Å². The van der Waals surface area contributed by atoms with Crippen molar-refractivity contribution in [2.24, 2.45) is 0 Å². The van der Waals surface area contributed by atoms with Crippen molar-refractivity contribution in [1.29, 1.82) is 0 Å². The summed E-state index contributed by atoms with van der Waals surface area (Å²) in [7, 11) is 0. The molecule has 3 aromatic heterocycles. The Hall–Kier alpha value is -3.41. The Kier molecular flexibility index (Phi) is 4.00. The van der Waals surface area contributed by atoms with Gasteiger partial charge in [-0.15, -0.1) is 0 Å². The minimum Gasteiger partial charge on any atom is -0.437 e. The molecule has 0 atom stereocenters. The second kappa shape index (κ2) is 6.60. The van der Waals surface area contributed by atoms with Gasteiger partial charge < -0.3 is 14.1 Å². The number of aromatic nitrogens is 3. The van der Waals surface area contributed by atoms with E-state index in [0.717, 1.165) is 16.9 Å². The van der Waals surface area contributed by atoms with Crippen molar-refractivity contribution >= 4 is 28.7 Å². The number of nitrogens with one attached hydrogen (secondary N) is 1. The maximum absolute atomic E-state index is 11.9. The van der Waals surface area contributed by atoms with E-state index in [1.165, 1.54) is 6.08 Å². The van der Waals surface area contributed by atoms with E-state index in [0.29, 0.717) is 24.4 Å². The van der Waals surface area contributed by atoms with E-state index in [1.54, 1.807) is 6.08 Å². The van der Waals surface area contributed by atoms with Gasteiger partial charge in [-0.2, -0.15) is 0 Å². The fraction of sp³-hybridized carbons (Fsp3) is 0.105. The van der Waals surface area contributed by atoms with Crippen LogP contribution in [0.25, 0.3) is 22.8 Å². The van der Waals surface area contributed by atoms with Gasteiger partial charge in [-0.25, -0.2) is 9.97 Å². The van der Waals surface area contributed by atoms with Gasteiger partial charge in [0, 0.05) is 37.5 Å².